The number of carbonyl (C=O) groups excluding carboxylic acids is 1. The summed E-state index contributed by atoms with van der Waals surface area (Å²) in [5.41, 5.74) is 0.920. The van der Waals surface area contributed by atoms with Gasteiger partial charge >= 0.3 is 0 Å². The number of rotatable bonds is 0. The lowest BCUT2D eigenvalue weighted by atomic mass is 10.3. The molecule has 0 aromatic carbocycles. The van der Waals surface area contributed by atoms with Crippen LogP contribution in [0.5, 0.6) is 0 Å². The Morgan fingerprint density at radius 3 is 3.17 bits per heavy atom. The second-order valence-corrected chi connectivity index (χ2v) is 2.53. The highest BCUT2D eigenvalue weighted by Crippen LogP contribution is 2.10. The van der Waals surface area contributed by atoms with Crippen molar-refractivity contribution in [3.8, 4) is 0 Å². The monoisotopic (exact) mass is 164 g/mol. The maximum atomic E-state index is 10.9. The molecule has 0 fully saturated rings. The van der Waals surface area contributed by atoms with Crippen molar-refractivity contribution in [3.63, 3.8) is 0 Å². The lowest BCUT2D eigenvalue weighted by molar-refractivity contribution is -0.119. The van der Waals surface area contributed by atoms with E-state index in [-0.39, 0.29) is 12.5 Å². The molecule has 5 nitrogen and oxygen atoms in total. The van der Waals surface area contributed by atoms with Gasteiger partial charge in [0.25, 0.3) is 0 Å². The molecule has 0 radical (unpaired) electrons. The zero-order valence-electron chi connectivity index (χ0n) is 6.37. The number of carbonyl (C=O) groups is 1. The maximum absolute atomic E-state index is 10.9. The van der Waals surface area contributed by atoms with Crippen molar-refractivity contribution in [1.82, 2.24) is 15.3 Å². The van der Waals surface area contributed by atoms with Gasteiger partial charge in [-0.15, -0.1) is 0 Å². The lowest BCUT2D eigenvalue weighted by Gasteiger charge is -2.01. The second kappa shape index (κ2) is 2.77. The molecular weight excluding hydrogens is 156 g/mol. The summed E-state index contributed by atoms with van der Waals surface area (Å²) >= 11 is 0. The summed E-state index contributed by atoms with van der Waals surface area (Å²) < 4.78 is 0. The summed E-state index contributed by atoms with van der Waals surface area (Å²) in [5, 5.41) is 5.63. The highest BCUT2D eigenvalue weighted by molar-refractivity contribution is 5.81. The normalized spacial score (nSPS) is 15.5. The van der Waals surface area contributed by atoms with Gasteiger partial charge in [0.15, 0.2) is 0 Å². The first kappa shape index (κ1) is 7.02. The molecule has 0 aliphatic carbocycles. The molecule has 2 rings (SSSR count). The van der Waals surface area contributed by atoms with Gasteiger partial charge < -0.3 is 10.6 Å². The Morgan fingerprint density at radius 1 is 1.33 bits per heavy atom. The first-order chi connectivity index (χ1) is 5.86. The molecule has 1 amide bonds. The third kappa shape index (κ3) is 1.20. The Balaban J connectivity index is 2.32. The van der Waals surface area contributed by atoms with Gasteiger partial charge in [-0.2, -0.15) is 0 Å². The zero-order chi connectivity index (χ0) is 8.39. The number of hydrogen-bond acceptors (Lipinski definition) is 4. The minimum Gasteiger partial charge on any atom is -0.361 e. The first-order valence-electron chi connectivity index (χ1n) is 3.66. The van der Waals surface area contributed by atoms with Crippen LogP contribution >= 0.6 is 0 Å². The number of nitrogens with zero attached hydrogens (tertiary/aromatic N) is 2. The van der Waals surface area contributed by atoms with E-state index in [0.29, 0.717) is 6.54 Å². The molecule has 1 aliphatic rings. The standard InChI is InChI=1S/C7H8N4O/c12-6-3-10-7-5(2-9-6)1-8-4-11-7/h1,4H,2-3H2,(H,9,12)(H,8,10,11). The van der Waals surface area contributed by atoms with E-state index in [1.54, 1.807) is 6.20 Å². The number of hydrogen-bond donors (Lipinski definition) is 2. The Labute approximate surface area is 69.2 Å². The van der Waals surface area contributed by atoms with Crippen LogP contribution in [0.1, 0.15) is 5.56 Å². The molecule has 0 spiro atoms. The summed E-state index contributed by atoms with van der Waals surface area (Å²) in [6.45, 7) is 0.784. The predicted molar refractivity (Wildman–Crippen MR) is 42.4 cm³/mol. The Kier molecular flexibility index (Phi) is 1.62. The smallest absolute Gasteiger partial charge is 0.239 e. The van der Waals surface area contributed by atoms with Gasteiger partial charge in [-0.3, -0.25) is 4.79 Å². The minimum absolute atomic E-state index is 0.0204. The largest absolute Gasteiger partial charge is 0.361 e. The average Bonchev–Trinajstić information content (AvgIpc) is 2.29. The van der Waals surface area contributed by atoms with Crippen molar-refractivity contribution in [3.05, 3.63) is 18.1 Å². The molecule has 0 atom stereocenters. The molecule has 2 N–H and O–H groups in total. The van der Waals surface area contributed by atoms with Crippen LogP contribution in [0.3, 0.4) is 0 Å². The first-order valence-corrected chi connectivity index (χ1v) is 3.66. The maximum Gasteiger partial charge on any atom is 0.239 e. The van der Waals surface area contributed by atoms with E-state index in [1.165, 1.54) is 6.33 Å². The van der Waals surface area contributed by atoms with Crippen LogP contribution in [0.25, 0.3) is 0 Å². The van der Waals surface area contributed by atoms with Crippen LogP contribution in [0.2, 0.25) is 0 Å². The van der Waals surface area contributed by atoms with E-state index in [2.05, 4.69) is 20.6 Å². The van der Waals surface area contributed by atoms with E-state index in [0.717, 1.165) is 11.4 Å². The molecule has 0 bridgehead atoms. The van der Waals surface area contributed by atoms with E-state index >= 15 is 0 Å². The SMILES string of the molecule is O=C1CNc2ncncc2CN1. The fourth-order valence-corrected chi connectivity index (χ4v) is 1.07. The molecule has 0 unspecified atom stereocenters. The topological polar surface area (TPSA) is 66.9 Å². The summed E-state index contributed by atoms with van der Waals surface area (Å²) in [7, 11) is 0. The van der Waals surface area contributed by atoms with Gasteiger partial charge in [0.05, 0.1) is 6.54 Å². The van der Waals surface area contributed by atoms with Crippen molar-refractivity contribution < 1.29 is 4.79 Å². The van der Waals surface area contributed by atoms with Crippen molar-refractivity contribution >= 4 is 11.7 Å². The van der Waals surface area contributed by atoms with Gasteiger partial charge in [0, 0.05) is 18.3 Å². The molecule has 1 aromatic heterocycles. The van der Waals surface area contributed by atoms with Crippen LogP contribution in [0.4, 0.5) is 5.82 Å². The fraction of sp³-hybridized carbons (Fsp3) is 0.286. The average molecular weight is 164 g/mol. The van der Waals surface area contributed by atoms with E-state index in [1.807, 2.05) is 0 Å². The van der Waals surface area contributed by atoms with Crippen molar-refractivity contribution in [2.24, 2.45) is 0 Å². The van der Waals surface area contributed by atoms with Crippen LogP contribution in [0.15, 0.2) is 12.5 Å². The molecule has 2 heterocycles. The van der Waals surface area contributed by atoms with Gasteiger partial charge in [-0.1, -0.05) is 0 Å². The third-order valence-electron chi connectivity index (χ3n) is 1.68. The summed E-state index contributed by atoms with van der Waals surface area (Å²) in [4.78, 5) is 18.8. The van der Waals surface area contributed by atoms with Crippen LogP contribution < -0.4 is 10.6 Å². The number of anilines is 1. The summed E-state index contributed by atoms with van der Waals surface area (Å²) in [6.07, 6.45) is 3.16. The zero-order valence-corrected chi connectivity index (χ0v) is 6.37. The van der Waals surface area contributed by atoms with Gasteiger partial charge in [0.1, 0.15) is 12.1 Å². The molecule has 1 aromatic rings. The minimum atomic E-state index is -0.0204. The van der Waals surface area contributed by atoms with Crippen LogP contribution in [0, 0.1) is 0 Å². The van der Waals surface area contributed by atoms with Gasteiger partial charge in [0.2, 0.25) is 5.91 Å². The molecule has 12 heavy (non-hydrogen) atoms. The van der Waals surface area contributed by atoms with Crippen LogP contribution in [-0.4, -0.2) is 22.4 Å². The number of amides is 1. The lowest BCUT2D eigenvalue weighted by Crippen LogP contribution is -2.25. The quantitative estimate of drug-likeness (QED) is 0.543. The Morgan fingerprint density at radius 2 is 2.25 bits per heavy atom. The van der Waals surface area contributed by atoms with Gasteiger partial charge in [-0.25, -0.2) is 9.97 Å². The van der Waals surface area contributed by atoms with E-state index < -0.39 is 0 Å². The molecule has 62 valence electrons. The second-order valence-electron chi connectivity index (χ2n) is 2.53. The Hall–Kier alpha value is -1.65. The predicted octanol–water partition coefficient (Wildman–Crippen LogP) is -0.482. The molecule has 5 heteroatoms. The fourth-order valence-electron chi connectivity index (χ4n) is 1.07. The van der Waals surface area contributed by atoms with Crippen molar-refractivity contribution in [2.75, 3.05) is 11.9 Å². The van der Waals surface area contributed by atoms with Gasteiger partial charge in [-0.05, 0) is 0 Å². The molecular formula is C7H8N4O. The highest BCUT2D eigenvalue weighted by Gasteiger charge is 2.11. The number of fused-ring (bicyclic) bond motifs is 1. The third-order valence-corrected chi connectivity index (χ3v) is 1.68. The number of aromatic nitrogens is 2. The van der Waals surface area contributed by atoms with Crippen LogP contribution in [-0.2, 0) is 11.3 Å². The molecule has 0 saturated carbocycles. The summed E-state index contributed by atoms with van der Waals surface area (Å²) in [5.74, 6) is 0.719. The molecule has 0 saturated heterocycles. The highest BCUT2D eigenvalue weighted by atomic mass is 16.1. The Bertz CT molecular complexity index is 283. The van der Waals surface area contributed by atoms with Crippen molar-refractivity contribution in [2.45, 2.75) is 6.54 Å². The summed E-state index contributed by atoms with van der Waals surface area (Å²) in [6, 6.07) is 0. The van der Waals surface area contributed by atoms with E-state index in [9.17, 15) is 4.79 Å². The number of nitrogens with one attached hydrogen (secondary N) is 2. The van der Waals surface area contributed by atoms with Crippen molar-refractivity contribution in [1.29, 1.82) is 0 Å². The van der Waals surface area contributed by atoms with E-state index in [4.69, 9.17) is 0 Å². The molecule has 1 aliphatic heterocycles.